The van der Waals surface area contributed by atoms with Gasteiger partial charge >= 0.3 is 6.18 Å². The Morgan fingerprint density at radius 2 is 1.85 bits per heavy atom. The molecule has 8 nitrogen and oxygen atoms in total. The van der Waals surface area contributed by atoms with E-state index in [4.69, 9.17) is 0 Å². The maximum absolute atomic E-state index is 14.3. The summed E-state index contributed by atoms with van der Waals surface area (Å²) in [6.07, 6.45) is 5.75. The first-order chi connectivity index (χ1) is 22.8. The van der Waals surface area contributed by atoms with E-state index in [-0.39, 0.29) is 48.0 Å². The summed E-state index contributed by atoms with van der Waals surface area (Å²) in [5.74, 6) is -0.329. The SMILES string of the molecule is CC(=O)c1nn2c3c(cc(C4CC4)cc13)C/C=C/CCCC(=O)CC[C@@]13C[C@@H](C(=O)Cc4nc(C(F)(F)F)ccc4C)N(C(=O)C2)[C@@H]1C3. The van der Waals surface area contributed by atoms with Crippen molar-refractivity contribution in [3.8, 4) is 0 Å². The summed E-state index contributed by atoms with van der Waals surface area (Å²) in [7, 11) is 0. The molecule has 1 saturated heterocycles. The predicted octanol–water partition coefficient (Wildman–Crippen LogP) is 6.64. The fraction of sp³-hybridized carbons (Fsp3) is 0.514. The number of allylic oxidation sites excluding steroid dienone is 2. The molecule has 2 saturated carbocycles. The van der Waals surface area contributed by atoms with E-state index in [2.05, 4.69) is 28.3 Å². The van der Waals surface area contributed by atoms with Crippen LogP contribution in [0, 0.1) is 12.3 Å². The van der Waals surface area contributed by atoms with E-state index in [1.807, 2.05) is 6.07 Å². The third-order valence-corrected chi connectivity index (χ3v) is 10.8. The summed E-state index contributed by atoms with van der Waals surface area (Å²) >= 11 is 0. The molecular weight excluding hydrogens is 621 g/mol. The van der Waals surface area contributed by atoms with E-state index >= 15 is 0 Å². The molecule has 48 heavy (non-hydrogen) atoms. The monoisotopic (exact) mass is 660 g/mol. The number of rotatable bonds is 5. The first kappa shape index (κ1) is 32.4. The van der Waals surface area contributed by atoms with Crippen molar-refractivity contribution in [2.24, 2.45) is 5.41 Å². The molecule has 1 amide bonds. The Bertz CT molecular complexity index is 1870. The zero-order chi connectivity index (χ0) is 34.0. The highest BCUT2D eigenvalue weighted by molar-refractivity contribution is 6.06. The number of piperidine rings is 1. The Morgan fingerprint density at radius 3 is 2.58 bits per heavy atom. The van der Waals surface area contributed by atoms with Crippen LogP contribution in [0.1, 0.15) is 109 Å². The molecule has 4 aliphatic rings. The third kappa shape index (κ3) is 6.12. The van der Waals surface area contributed by atoms with Crippen LogP contribution in [-0.2, 0) is 39.9 Å². The van der Waals surface area contributed by atoms with E-state index < -0.39 is 23.3 Å². The van der Waals surface area contributed by atoms with Gasteiger partial charge in [-0.25, -0.2) is 4.98 Å². The molecule has 3 atom stereocenters. The molecule has 0 unspecified atom stereocenters. The van der Waals surface area contributed by atoms with Gasteiger partial charge in [0.15, 0.2) is 11.6 Å². The van der Waals surface area contributed by atoms with Crippen LogP contribution in [0.4, 0.5) is 13.2 Å². The van der Waals surface area contributed by atoms with E-state index in [1.165, 1.54) is 13.0 Å². The zero-order valence-electron chi connectivity index (χ0n) is 27.2. The molecule has 2 aliphatic heterocycles. The van der Waals surface area contributed by atoms with Crippen LogP contribution in [-0.4, -0.2) is 55.0 Å². The Labute approximate surface area is 276 Å². The average Bonchev–Trinajstić information content (AvgIpc) is 3.94. The molecular formula is C37H39F3N4O4. The molecule has 0 spiro atoms. The zero-order valence-corrected chi connectivity index (χ0v) is 27.2. The second kappa shape index (κ2) is 12.1. The third-order valence-electron chi connectivity index (χ3n) is 10.8. The Balaban J connectivity index is 1.26. The number of pyridine rings is 1. The maximum Gasteiger partial charge on any atom is 0.433 e. The normalized spacial score (nSPS) is 25.6. The van der Waals surface area contributed by atoms with Crippen LogP contribution < -0.4 is 0 Å². The van der Waals surface area contributed by atoms with Crippen molar-refractivity contribution in [2.45, 2.75) is 115 Å². The van der Waals surface area contributed by atoms with Crippen LogP contribution in [0.5, 0.6) is 0 Å². The molecule has 252 valence electrons. The molecule has 0 N–H and O–H groups in total. The first-order valence-electron chi connectivity index (χ1n) is 16.9. The number of benzene rings is 1. The van der Waals surface area contributed by atoms with Gasteiger partial charge in [0.1, 0.15) is 23.7 Å². The van der Waals surface area contributed by atoms with Crippen LogP contribution in [0.25, 0.3) is 10.9 Å². The van der Waals surface area contributed by atoms with Crippen molar-refractivity contribution in [3.63, 3.8) is 0 Å². The fourth-order valence-corrected chi connectivity index (χ4v) is 7.90. The highest BCUT2D eigenvalue weighted by Crippen LogP contribution is 2.62. The van der Waals surface area contributed by atoms with Gasteiger partial charge in [-0.2, -0.15) is 18.3 Å². The average molecular weight is 661 g/mol. The second-order valence-corrected chi connectivity index (χ2v) is 14.2. The lowest BCUT2D eigenvalue weighted by Crippen LogP contribution is -2.45. The van der Waals surface area contributed by atoms with Gasteiger partial charge in [-0.15, -0.1) is 0 Å². The number of hydrogen-bond acceptors (Lipinski definition) is 6. The Kier molecular flexibility index (Phi) is 8.15. The number of halogens is 3. The van der Waals surface area contributed by atoms with E-state index in [9.17, 15) is 32.3 Å². The van der Waals surface area contributed by atoms with Crippen molar-refractivity contribution in [3.05, 3.63) is 70.2 Å². The number of aromatic nitrogens is 3. The van der Waals surface area contributed by atoms with Crippen molar-refractivity contribution in [1.82, 2.24) is 19.7 Å². The number of amides is 1. The number of nitrogens with zero attached hydrogens (tertiary/aromatic N) is 4. The van der Waals surface area contributed by atoms with Crippen molar-refractivity contribution in [2.75, 3.05) is 0 Å². The van der Waals surface area contributed by atoms with E-state index in [1.54, 1.807) is 16.5 Å². The lowest BCUT2D eigenvalue weighted by Gasteiger charge is -2.27. The molecule has 2 bridgehead atoms. The second-order valence-electron chi connectivity index (χ2n) is 14.2. The minimum Gasteiger partial charge on any atom is -0.327 e. The number of ketones is 3. The van der Waals surface area contributed by atoms with E-state index in [0.717, 1.165) is 48.4 Å². The molecule has 1 aromatic carbocycles. The summed E-state index contributed by atoms with van der Waals surface area (Å²) in [4.78, 5) is 59.4. The molecule has 3 fully saturated rings. The minimum atomic E-state index is -4.65. The van der Waals surface area contributed by atoms with Gasteiger partial charge in [-0.05, 0) is 98.4 Å². The number of aryl methyl sites for hydroxylation is 1. The van der Waals surface area contributed by atoms with Crippen LogP contribution in [0.2, 0.25) is 0 Å². The van der Waals surface area contributed by atoms with Crippen LogP contribution >= 0.6 is 0 Å². The smallest absolute Gasteiger partial charge is 0.327 e. The maximum atomic E-state index is 14.3. The number of alkyl halides is 3. The van der Waals surface area contributed by atoms with Gasteiger partial charge in [0, 0.05) is 31.2 Å². The Morgan fingerprint density at radius 1 is 1.06 bits per heavy atom. The lowest BCUT2D eigenvalue weighted by molar-refractivity contribution is -0.141. The van der Waals surface area contributed by atoms with Crippen molar-refractivity contribution >= 4 is 34.2 Å². The van der Waals surface area contributed by atoms with Crippen LogP contribution in [0.15, 0.2) is 36.4 Å². The van der Waals surface area contributed by atoms with Gasteiger partial charge in [0.05, 0.1) is 23.7 Å². The number of hydrogen-bond donors (Lipinski definition) is 0. The lowest BCUT2D eigenvalue weighted by atomic mass is 9.90. The van der Waals surface area contributed by atoms with Gasteiger partial charge < -0.3 is 4.90 Å². The van der Waals surface area contributed by atoms with E-state index in [0.29, 0.717) is 61.1 Å². The van der Waals surface area contributed by atoms with Gasteiger partial charge in [-0.3, -0.25) is 23.9 Å². The van der Waals surface area contributed by atoms with Gasteiger partial charge in [0.25, 0.3) is 0 Å². The molecule has 0 radical (unpaired) electrons. The van der Waals surface area contributed by atoms with Crippen LogP contribution in [0.3, 0.4) is 0 Å². The summed E-state index contributed by atoms with van der Waals surface area (Å²) in [6.45, 7) is 2.89. The quantitative estimate of drug-likeness (QED) is 0.225. The number of carbonyl (C=O) groups excluding carboxylic acids is 4. The standard InChI is InChI=1S/C37H39F3N4O4/c1-21-9-12-31(37(38,39)40)41-28(21)17-30(47)29-18-36-14-13-26(46)8-6-4-3-5-7-24-15-25(23-10-11-23)16-27-34(22(2)45)42-43(35(24)27)20-33(48)44(29)32(36)19-36/h3,5,9,12,15-16,23,29,32H,4,6-8,10-11,13-14,17-20H2,1-2H3/b5-3+/t29-,32+,36-/m0/s1. The molecule has 7 rings (SSSR count). The Hall–Kier alpha value is -4.15. The van der Waals surface area contributed by atoms with Gasteiger partial charge in [0.2, 0.25) is 5.91 Å². The van der Waals surface area contributed by atoms with Gasteiger partial charge in [-0.1, -0.05) is 24.3 Å². The number of carbonyl (C=O) groups is 4. The first-order valence-corrected chi connectivity index (χ1v) is 16.9. The minimum absolute atomic E-state index is 0.0369. The summed E-state index contributed by atoms with van der Waals surface area (Å²) in [5, 5.41) is 5.39. The summed E-state index contributed by atoms with van der Waals surface area (Å²) in [6, 6.07) is 5.27. The largest absolute Gasteiger partial charge is 0.433 e. The van der Waals surface area contributed by atoms with Crippen molar-refractivity contribution in [1.29, 1.82) is 0 Å². The molecule has 4 heterocycles. The molecule has 2 aliphatic carbocycles. The highest BCUT2D eigenvalue weighted by Gasteiger charge is 2.66. The predicted molar refractivity (Wildman–Crippen MR) is 171 cm³/mol. The number of Topliss-reactive ketones (excluding diaryl/α,β-unsaturated/α-hetero) is 3. The topological polar surface area (TPSA) is 102 Å². The summed E-state index contributed by atoms with van der Waals surface area (Å²) in [5.41, 5.74) is 2.18. The summed E-state index contributed by atoms with van der Waals surface area (Å²) < 4.78 is 42.0. The molecule has 2 aromatic heterocycles. The van der Waals surface area contributed by atoms with Crippen molar-refractivity contribution < 1.29 is 32.3 Å². The fourth-order valence-electron chi connectivity index (χ4n) is 7.90. The highest BCUT2D eigenvalue weighted by atomic mass is 19.4. The molecule has 3 aromatic rings. The molecule has 11 heteroatoms.